The van der Waals surface area contributed by atoms with Gasteiger partial charge in [0.1, 0.15) is 16.2 Å². The molecule has 0 aliphatic carbocycles. The Morgan fingerprint density at radius 2 is 1.78 bits per heavy atom. The Bertz CT molecular complexity index is 1310. The molecule has 184 valence electrons. The summed E-state index contributed by atoms with van der Waals surface area (Å²) in [5.74, 6) is -1.10. The number of hydrogen-bond donors (Lipinski definition) is 2. The minimum atomic E-state index is -1.21. The van der Waals surface area contributed by atoms with Crippen molar-refractivity contribution in [3.8, 4) is 11.1 Å². The molecule has 3 aromatic carbocycles. The number of amides is 2. The maximum absolute atomic E-state index is 13.0. The smallest absolute Gasteiger partial charge is 0.322 e. The van der Waals surface area contributed by atoms with Crippen LogP contribution in [0.2, 0.25) is 0 Å². The standard InChI is InChI=1S/C27H23BrN2O4S2/c28-19-11-12-20(18-9-5-2-6-10-18)21(14-19)36-27(26(33)34)15-30-24(32)23(25(30)35-16-27)29-22(31)13-17-7-3-1-4-8-17/h1-12,14,23,25H,13,15-16H2,(H,29,31)(H,33,34)/t23?,25-,27?/m1/s1. The number of rotatable bonds is 7. The third-order valence-corrected chi connectivity index (χ3v) is 9.90. The van der Waals surface area contributed by atoms with Crippen LogP contribution in [0.25, 0.3) is 11.1 Å². The number of carbonyl (C=O) groups excluding carboxylic acids is 2. The minimum Gasteiger partial charge on any atom is -0.480 e. The zero-order valence-corrected chi connectivity index (χ0v) is 22.3. The van der Waals surface area contributed by atoms with Crippen LogP contribution >= 0.6 is 39.5 Å². The summed E-state index contributed by atoms with van der Waals surface area (Å²) in [5, 5.41) is 12.9. The van der Waals surface area contributed by atoms with Crippen molar-refractivity contribution in [2.24, 2.45) is 0 Å². The zero-order valence-electron chi connectivity index (χ0n) is 19.1. The van der Waals surface area contributed by atoms with Crippen molar-refractivity contribution in [3.63, 3.8) is 0 Å². The molecule has 5 rings (SSSR count). The van der Waals surface area contributed by atoms with Crippen LogP contribution in [0.1, 0.15) is 5.56 Å². The predicted octanol–water partition coefficient (Wildman–Crippen LogP) is 4.67. The molecule has 2 amide bonds. The summed E-state index contributed by atoms with van der Waals surface area (Å²) in [6.07, 6.45) is 0.196. The van der Waals surface area contributed by atoms with Gasteiger partial charge in [0.05, 0.1) is 6.42 Å². The second-order valence-corrected chi connectivity index (χ2v) is 12.2. The van der Waals surface area contributed by atoms with Crippen molar-refractivity contribution >= 4 is 57.2 Å². The fraction of sp³-hybridized carbons (Fsp3) is 0.222. The summed E-state index contributed by atoms with van der Waals surface area (Å²) in [6, 6.07) is 24.4. The lowest BCUT2D eigenvalue weighted by molar-refractivity contribution is -0.152. The highest BCUT2D eigenvalue weighted by atomic mass is 79.9. The largest absolute Gasteiger partial charge is 0.480 e. The number of benzene rings is 3. The van der Waals surface area contributed by atoms with Crippen molar-refractivity contribution in [1.29, 1.82) is 0 Å². The van der Waals surface area contributed by atoms with Crippen LogP contribution in [-0.2, 0) is 20.8 Å². The molecule has 2 aliphatic heterocycles. The maximum Gasteiger partial charge on any atom is 0.322 e. The topological polar surface area (TPSA) is 86.7 Å². The van der Waals surface area contributed by atoms with E-state index in [9.17, 15) is 19.5 Å². The lowest BCUT2D eigenvalue weighted by Crippen LogP contribution is -2.74. The monoisotopic (exact) mass is 582 g/mol. The van der Waals surface area contributed by atoms with E-state index in [0.29, 0.717) is 5.75 Å². The van der Waals surface area contributed by atoms with Gasteiger partial charge in [0.15, 0.2) is 0 Å². The first-order valence-electron chi connectivity index (χ1n) is 11.4. The fourth-order valence-corrected chi connectivity index (χ4v) is 7.98. The fourth-order valence-electron chi connectivity index (χ4n) is 4.44. The highest BCUT2D eigenvalue weighted by Crippen LogP contribution is 2.48. The van der Waals surface area contributed by atoms with Gasteiger partial charge in [-0.15, -0.1) is 23.5 Å². The van der Waals surface area contributed by atoms with Crippen LogP contribution in [0.4, 0.5) is 0 Å². The van der Waals surface area contributed by atoms with Crippen molar-refractivity contribution < 1.29 is 19.5 Å². The van der Waals surface area contributed by atoms with Gasteiger partial charge in [-0.1, -0.05) is 82.7 Å². The number of nitrogens with zero attached hydrogens (tertiary/aromatic N) is 1. The second-order valence-electron chi connectivity index (χ2n) is 8.78. The van der Waals surface area contributed by atoms with Crippen molar-refractivity contribution in [2.75, 3.05) is 12.3 Å². The highest BCUT2D eigenvalue weighted by Gasteiger charge is 2.58. The van der Waals surface area contributed by atoms with Crippen molar-refractivity contribution in [3.05, 3.63) is 88.9 Å². The van der Waals surface area contributed by atoms with E-state index in [4.69, 9.17) is 0 Å². The van der Waals surface area contributed by atoms with E-state index in [2.05, 4.69) is 21.2 Å². The van der Waals surface area contributed by atoms with E-state index < -0.39 is 16.8 Å². The van der Waals surface area contributed by atoms with Gasteiger partial charge in [-0.05, 0) is 28.8 Å². The van der Waals surface area contributed by atoms with E-state index in [1.165, 1.54) is 23.5 Å². The Balaban J connectivity index is 1.32. The summed E-state index contributed by atoms with van der Waals surface area (Å²) in [4.78, 5) is 40.5. The van der Waals surface area contributed by atoms with Crippen LogP contribution in [0, 0.1) is 0 Å². The number of aliphatic carboxylic acids is 1. The van der Waals surface area contributed by atoms with Crippen LogP contribution in [0.15, 0.2) is 88.2 Å². The van der Waals surface area contributed by atoms with Gasteiger partial charge in [0.25, 0.3) is 0 Å². The number of carbonyl (C=O) groups is 3. The number of carboxylic acids is 1. The molecule has 0 bridgehead atoms. The molecule has 3 aromatic rings. The van der Waals surface area contributed by atoms with E-state index in [-0.39, 0.29) is 30.2 Å². The van der Waals surface area contributed by atoms with Crippen LogP contribution in [0.3, 0.4) is 0 Å². The lowest BCUT2D eigenvalue weighted by atomic mass is 10.0. The summed E-state index contributed by atoms with van der Waals surface area (Å²) in [7, 11) is 0. The van der Waals surface area contributed by atoms with Gasteiger partial charge in [-0.25, -0.2) is 0 Å². The SMILES string of the molecule is O=C(Cc1ccccc1)NC1C(=O)N2CC(Sc3cc(Br)ccc3-c3ccccc3)(C(=O)O)CS[C@H]12. The number of β-lactam (4-membered cyclic amide) rings is 1. The molecule has 0 spiro atoms. The predicted molar refractivity (Wildman–Crippen MR) is 146 cm³/mol. The summed E-state index contributed by atoms with van der Waals surface area (Å²) < 4.78 is -0.354. The molecule has 0 saturated carbocycles. The second kappa shape index (κ2) is 10.3. The molecule has 6 nitrogen and oxygen atoms in total. The molecule has 3 atom stereocenters. The van der Waals surface area contributed by atoms with Crippen LogP contribution in [0.5, 0.6) is 0 Å². The van der Waals surface area contributed by atoms with Gasteiger partial charge in [0, 0.05) is 21.7 Å². The first-order chi connectivity index (χ1) is 17.4. The van der Waals surface area contributed by atoms with E-state index >= 15 is 0 Å². The third kappa shape index (κ3) is 4.92. The molecule has 2 unspecified atom stereocenters. The molecular weight excluding hydrogens is 560 g/mol. The Morgan fingerprint density at radius 1 is 1.08 bits per heavy atom. The van der Waals surface area contributed by atoms with Crippen molar-refractivity contribution in [1.82, 2.24) is 10.2 Å². The quantitative estimate of drug-likeness (QED) is 0.393. The molecule has 2 N–H and O–H groups in total. The lowest BCUT2D eigenvalue weighted by Gasteiger charge is -2.53. The Kier molecular flexibility index (Phi) is 7.14. The average molecular weight is 584 g/mol. The van der Waals surface area contributed by atoms with E-state index in [0.717, 1.165) is 26.1 Å². The van der Waals surface area contributed by atoms with Gasteiger partial charge in [-0.3, -0.25) is 14.4 Å². The number of halogens is 1. The van der Waals surface area contributed by atoms with Gasteiger partial charge in [0.2, 0.25) is 11.8 Å². The van der Waals surface area contributed by atoms with Gasteiger partial charge in [-0.2, -0.15) is 0 Å². The molecule has 9 heteroatoms. The number of carboxylic acid groups (broad SMARTS) is 1. The third-order valence-electron chi connectivity index (χ3n) is 6.30. The van der Waals surface area contributed by atoms with Gasteiger partial charge >= 0.3 is 5.97 Å². The Labute approximate surface area is 226 Å². The molecule has 0 radical (unpaired) electrons. The molecule has 0 aromatic heterocycles. The number of thioether (sulfide) groups is 2. The summed E-state index contributed by atoms with van der Waals surface area (Å²) in [5.41, 5.74) is 2.81. The highest BCUT2D eigenvalue weighted by molar-refractivity contribution is 9.10. The number of nitrogens with one attached hydrogen (secondary N) is 1. The average Bonchev–Trinajstić information content (AvgIpc) is 2.88. The molecule has 2 aliphatic rings. The summed E-state index contributed by atoms with van der Waals surface area (Å²) >= 11 is 6.21. The number of hydrogen-bond acceptors (Lipinski definition) is 5. The van der Waals surface area contributed by atoms with E-state index in [1.807, 2.05) is 78.9 Å². The van der Waals surface area contributed by atoms with Gasteiger partial charge < -0.3 is 15.3 Å². The maximum atomic E-state index is 13.0. The summed E-state index contributed by atoms with van der Waals surface area (Å²) in [6.45, 7) is 0.0787. The first-order valence-corrected chi connectivity index (χ1v) is 14.0. The molecule has 36 heavy (non-hydrogen) atoms. The van der Waals surface area contributed by atoms with Crippen LogP contribution < -0.4 is 5.32 Å². The normalized spacial score (nSPS) is 22.9. The Hall–Kier alpha value is -2.75. The molecule has 2 heterocycles. The zero-order chi connectivity index (χ0) is 25.3. The minimum absolute atomic E-state index is 0.0787. The van der Waals surface area contributed by atoms with Crippen molar-refractivity contribution in [2.45, 2.75) is 27.5 Å². The van der Waals surface area contributed by atoms with E-state index in [1.54, 1.807) is 4.90 Å². The van der Waals surface area contributed by atoms with Crippen LogP contribution in [-0.4, -0.2) is 56.3 Å². The molecule has 2 saturated heterocycles. The Morgan fingerprint density at radius 3 is 2.47 bits per heavy atom. The number of fused-ring (bicyclic) bond motifs is 1. The molecular formula is C27H23BrN2O4S2. The molecule has 2 fully saturated rings. The first kappa shape index (κ1) is 24.9.